The van der Waals surface area contributed by atoms with E-state index in [9.17, 15) is 0 Å². The van der Waals surface area contributed by atoms with Crippen LogP contribution in [-0.2, 0) is 0 Å². The molecule has 0 atom stereocenters. The quantitative estimate of drug-likeness (QED) is 0.585. The van der Waals surface area contributed by atoms with Crippen LogP contribution in [0.2, 0.25) is 0 Å². The molecule has 0 radical (unpaired) electrons. The lowest BCUT2D eigenvalue weighted by molar-refractivity contribution is 0.464. The van der Waals surface area contributed by atoms with Crippen molar-refractivity contribution in [3.63, 3.8) is 0 Å². The second-order valence-corrected chi connectivity index (χ2v) is 1.84. The second kappa shape index (κ2) is 1.70. The van der Waals surface area contributed by atoms with E-state index in [0.29, 0.717) is 11.2 Å². The molecule has 0 aromatic carbocycles. The molecule has 2 heterocycles. The standard InChI is InChI=1S/C6H4N2O2/c9-4-1-2-7-6-5(4)10-3-8-6/h1-3H,(H,7,9). The van der Waals surface area contributed by atoms with Crippen molar-refractivity contribution in [2.45, 2.75) is 0 Å². The van der Waals surface area contributed by atoms with E-state index in [1.165, 1.54) is 18.7 Å². The van der Waals surface area contributed by atoms with E-state index in [-0.39, 0.29) is 5.75 Å². The van der Waals surface area contributed by atoms with Crippen LogP contribution in [0.15, 0.2) is 23.1 Å². The number of aromatic hydroxyl groups is 1. The summed E-state index contributed by atoms with van der Waals surface area (Å²) in [5.74, 6) is 0.0718. The summed E-state index contributed by atoms with van der Waals surface area (Å²) >= 11 is 0. The summed E-state index contributed by atoms with van der Waals surface area (Å²) in [6.45, 7) is 0. The molecular formula is C6H4N2O2. The van der Waals surface area contributed by atoms with E-state index in [4.69, 9.17) is 9.52 Å². The van der Waals surface area contributed by atoms with Crippen LogP contribution in [0.25, 0.3) is 11.2 Å². The molecule has 50 valence electrons. The maximum Gasteiger partial charge on any atom is 0.214 e. The first-order valence-electron chi connectivity index (χ1n) is 2.75. The number of hydrogen-bond acceptors (Lipinski definition) is 4. The summed E-state index contributed by atoms with van der Waals surface area (Å²) < 4.78 is 4.83. The van der Waals surface area contributed by atoms with Gasteiger partial charge in [-0.25, -0.2) is 4.98 Å². The molecule has 4 nitrogen and oxygen atoms in total. The van der Waals surface area contributed by atoms with Crippen LogP contribution in [0.1, 0.15) is 0 Å². The summed E-state index contributed by atoms with van der Waals surface area (Å²) in [7, 11) is 0. The molecule has 0 bridgehead atoms. The fourth-order valence-corrected chi connectivity index (χ4v) is 0.761. The Morgan fingerprint density at radius 1 is 1.40 bits per heavy atom. The molecule has 0 fully saturated rings. The molecule has 0 aliphatic heterocycles. The molecule has 0 saturated heterocycles. The molecule has 0 aliphatic rings. The highest BCUT2D eigenvalue weighted by atomic mass is 16.4. The zero-order valence-corrected chi connectivity index (χ0v) is 4.98. The van der Waals surface area contributed by atoms with Crippen LogP contribution in [-0.4, -0.2) is 15.1 Å². The first-order chi connectivity index (χ1) is 4.88. The van der Waals surface area contributed by atoms with Crippen LogP contribution in [0.5, 0.6) is 5.75 Å². The van der Waals surface area contributed by atoms with Gasteiger partial charge in [0.15, 0.2) is 12.1 Å². The average molecular weight is 136 g/mol. The Bertz CT molecular complexity index is 355. The van der Waals surface area contributed by atoms with Crippen molar-refractivity contribution in [3.05, 3.63) is 18.7 Å². The third kappa shape index (κ3) is 0.556. The van der Waals surface area contributed by atoms with Crippen LogP contribution in [0, 0.1) is 0 Å². The number of pyridine rings is 1. The second-order valence-electron chi connectivity index (χ2n) is 1.84. The van der Waals surface area contributed by atoms with E-state index >= 15 is 0 Å². The molecular weight excluding hydrogens is 132 g/mol. The highest BCUT2D eigenvalue weighted by Gasteiger charge is 2.02. The lowest BCUT2D eigenvalue weighted by atomic mass is 10.4. The molecule has 2 aromatic heterocycles. The van der Waals surface area contributed by atoms with E-state index in [0.717, 1.165) is 0 Å². The van der Waals surface area contributed by atoms with E-state index in [1.54, 1.807) is 0 Å². The summed E-state index contributed by atoms with van der Waals surface area (Å²) in [6, 6.07) is 1.45. The molecule has 0 spiro atoms. The number of hydrogen-bond donors (Lipinski definition) is 1. The lowest BCUT2D eigenvalue weighted by Gasteiger charge is -1.87. The Morgan fingerprint density at radius 2 is 2.30 bits per heavy atom. The topological polar surface area (TPSA) is 59.2 Å². The van der Waals surface area contributed by atoms with Crippen molar-refractivity contribution in [2.24, 2.45) is 0 Å². The van der Waals surface area contributed by atoms with Gasteiger partial charge in [-0.15, -0.1) is 0 Å². The predicted octanol–water partition coefficient (Wildman–Crippen LogP) is 0.928. The third-order valence-electron chi connectivity index (χ3n) is 1.21. The maximum absolute atomic E-state index is 9.09. The average Bonchev–Trinajstić information content (AvgIpc) is 2.36. The number of nitrogens with zero attached hydrogens (tertiary/aromatic N) is 2. The van der Waals surface area contributed by atoms with Crippen LogP contribution in [0.4, 0.5) is 0 Å². The van der Waals surface area contributed by atoms with Gasteiger partial charge in [-0.05, 0) is 0 Å². The van der Waals surface area contributed by atoms with Gasteiger partial charge in [-0.3, -0.25) is 0 Å². The zero-order chi connectivity index (χ0) is 6.97. The van der Waals surface area contributed by atoms with Crippen LogP contribution < -0.4 is 0 Å². The summed E-state index contributed by atoms with van der Waals surface area (Å²) in [5.41, 5.74) is 0.766. The predicted molar refractivity (Wildman–Crippen MR) is 33.5 cm³/mol. The highest BCUT2D eigenvalue weighted by Crippen LogP contribution is 2.19. The van der Waals surface area contributed by atoms with Crippen molar-refractivity contribution >= 4 is 11.2 Å². The van der Waals surface area contributed by atoms with Gasteiger partial charge >= 0.3 is 0 Å². The van der Waals surface area contributed by atoms with Gasteiger partial charge in [0.05, 0.1) is 0 Å². The highest BCUT2D eigenvalue weighted by molar-refractivity contribution is 5.73. The number of oxazole rings is 1. The SMILES string of the molecule is Oc1ccnc2ncoc12. The van der Waals surface area contributed by atoms with Gasteiger partial charge in [-0.2, -0.15) is 4.98 Å². The zero-order valence-electron chi connectivity index (χ0n) is 4.98. The van der Waals surface area contributed by atoms with E-state index < -0.39 is 0 Å². The minimum absolute atomic E-state index is 0.0718. The van der Waals surface area contributed by atoms with Gasteiger partial charge in [0.25, 0.3) is 0 Å². The lowest BCUT2D eigenvalue weighted by Crippen LogP contribution is -1.73. The molecule has 1 N–H and O–H groups in total. The first-order valence-corrected chi connectivity index (χ1v) is 2.75. The molecule has 4 heteroatoms. The van der Waals surface area contributed by atoms with Crippen molar-refractivity contribution in [1.29, 1.82) is 0 Å². The molecule has 0 saturated carbocycles. The Labute approximate surface area is 56.1 Å². The van der Waals surface area contributed by atoms with Gasteiger partial charge in [0, 0.05) is 12.3 Å². The molecule has 10 heavy (non-hydrogen) atoms. The van der Waals surface area contributed by atoms with Gasteiger partial charge in [-0.1, -0.05) is 0 Å². The van der Waals surface area contributed by atoms with Gasteiger partial charge in [0.2, 0.25) is 11.2 Å². The minimum atomic E-state index is 0.0718. The molecule has 0 aliphatic carbocycles. The Morgan fingerprint density at radius 3 is 3.10 bits per heavy atom. The number of rotatable bonds is 0. The molecule has 2 aromatic rings. The van der Waals surface area contributed by atoms with Gasteiger partial charge in [0.1, 0.15) is 0 Å². The maximum atomic E-state index is 9.09. The Hall–Kier alpha value is -1.58. The minimum Gasteiger partial charge on any atom is -0.504 e. The van der Waals surface area contributed by atoms with Crippen molar-refractivity contribution in [3.8, 4) is 5.75 Å². The normalized spacial score (nSPS) is 10.4. The van der Waals surface area contributed by atoms with Crippen LogP contribution in [0.3, 0.4) is 0 Å². The van der Waals surface area contributed by atoms with E-state index in [1.807, 2.05) is 0 Å². The Balaban J connectivity index is 2.95. The van der Waals surface area contributed by atoms with Crippen molar-refractivity contribution in [2.75, 3.05) is 0 Å². The molecule has 2 rings (SSSR count). The summed E-state index contributed by atoms with van der Waals surface area (Å²) in [6.07, 6.45) is 2.72. The number of fused-ring (bicyclic) bond motifs is 1. The molecule has 0 amide bonds. The van der Waals surface area contributed by atoms with Crippen molar-refractivity contribution < 1.29 is 9.52 Å². The fourth-order valence-electron chi connectivity index (χ4n) is 0.761. The summed E-state index contributed by atoms with van der Waals surface area (Å²) in [4.78, 5) is 7.58. The first kappa shape index (κ1) is 5.22. The van der Waals surface area contributed by atoms with Crippen LogP contribution >= 0.6 is 0 Å². The monoisotopic (exact) mass is 136 g/mol. The molecule has 0 unspecified atom stereocenters. The number of aromatic nitrogens is 2. The van der Waals surface area contributed by atoms with Gasteiger partial charge < -0.3 is 9.52 Å². The summed E-state index contributed by atoms with van der Waals surface area (Å²) in [5, 5.41) is 9.09. The largest absolute Gasteiger partial charge is 0.504 e. The third-order valence-corrected chi connectivity index (χ3v) is 1.21. The smallest absolute Gasteiger partial charge is 0.214 e. The fraction of sp³-hybridized carbons (Fsp3) is 0. The Kier molecular flexibility index (Phi) is 0.887. The van der Waals surface area contributed by atoms with Crippen molar-refractivity contribution in [1.82, 2.24) is 9.97 Å². The van der Waals surface area contributed by atoms with E-state index in [2.05, 4.69) is 9.97 Å².